The minimum atomic E-state index is -0.685. The normalized spacial score (nSPS) is 9.82. The largest absolute Gasteiger partial charge is 0.465 e. The Hall–Kier alpha value is -1.62. The number of hydrogen-bond acceptors (Lipinski definition) is 3. The van der Waals surface area contributed by atoms with Crippen LogP contribution in [0.5, 0.6) is 0 Å². The van der Waals surface area contributed by atoms with Gasteiger partial charge in [0.25, 0.3) is 5.91 Å². The van der Waals surface area contributed by atoms with Crippen LogP contribution in [0, 0.1) is 5.82 Å². The van der Waals surface area contributed by atoms with E-state index in [4.69, 9.17) is 11.6 Å². The number of rotatable bonds is 4. The molecule has 0 atom stereocenters. The van der Waals surface area contributed by atoms with E-state index in [9.17, 15) is 14.0 Å². The number of carbonyl (C=O) groups is 2. The molecule has 0 unspecified atom stereocenters. The van der Waals surface area contributed by atoms with Crippen LogP contribution in [-0.4, -0.2) is 25.0 Å². The Labute approximate surface area is 103 Å². The number of halogens is 2. The average molecular weight is 260 g/mol. The van der Waals surface area contributed by atoms with Gasteiger partial charge in [-0.1, -0.05) is 11.6 Å². The van der Waals surface area contributed by atoms with Crippen LogP contribution in [0.4, 0.5) is 4.39 Å². The number of amides is 1. The lowest BCUT2D eigenvalue weighted by molar-refractivity contribution is -0.141. The van der Waals surface area contributed by atoms with Gasteiger partial charge in [0.05, 0.1) is 11.6 Å². The Balaban J connectivity index is 2.58. The van der Waals surface area contributed by atoms with Crippen LogP contribution in [0.2, 0.25) is 5.02 Å². The molecule has 0 spiro atoms. The second kappa shape index (κ2) is 6.20. The topological polar surface area (TPSA) is 55.4 Å². The zero-order valence-corrected chi connectivity index (χ0v) is 9.88. The van der Waals surface area contributed by atoms with Gasteiger partial charge in [-0.2, -0.15) is 0 Å². The summed E-state index contributed by atoms with van der Waals surface area (Å²) in [6, 6.07) is 3.64. The van der Waals surface area contributed by atoms with Crippen molar-refractivity contribution >= 4 is 23.5 Å². The van der Waals surface area contributed by atoms with E-state index >= 15 is 0 Å². The molecule has 0 radical (unpaired) electrons. The minimum Gasteiger partial charge on any atom is -0.465 e. The molecule has 1 amide bonds. The van der Waals surface area contributed by atoms with Crippen LogP contribution >= 0.6 is 11.6 Å². The molecule has 4 nitrogen and oxygen atoms in total. The lowest BCUT2D eigenvalue weighted by Gasteiger charge is -2.05. The van der Waals surface area contributed by atoms with Crippen molar-refractivity contribution in [1.82, 2.24) is 5.32 Å². The summed E-state index contributed by atoms with van der Waals surface area (Å²) in [6.07, 6.45) is 0. The highest BCUT2D eigenvalue weighted by Gasteiger charge is 2.10. The standard InChI is InChI=1S/C11H11ClFNO3/c1-2-17-10(15)6-14-11(16)7-3-4-8(12)9(13)5-7/h3-5H,2,6H2,1H3,(H,14,16). The van der Waals surface area contributed by atoms with Gasteiger partial charge in [-0.05, 0) is 25.1 Å². The molecule has 0 aromatic heterocycles. The lowest BCUT2D eigenvalue weighted by atomic mass is 10.2. The van der Waals surface area contributed by atoms with E-state index in [0.29, 0.717) is 0 Å². The van der Waals surface area contributed by atoms with Crippen LogP contribution in [0.15, 0.2) is 18.2 Å². The molecular weight excluding hydrogens is 249 g/mol. The van der Waals surface area contributed by atoms with Crippen molar-refractivity contribution in [2.45, 2.75) is 6.92 Å². The third-order valence-electron chi connectivity index (χ3n) is 1.88. The van der Waals surface area contributed by atoms with E-state index in [0.717, 1.165) is 6.07 Å². The number of esters is 1. The third-order valence-corrected chi connectivity index (χ3v) is 2.19. The van der Waals surface area contributed by atoms with Gasteiger partial charge in [0.2, 0.25) is 0 Å². The zero-order valence-electron chi connectivity index (χ0n) is 9.13. The van der Waals surface area contributed by atoms with Gasteiger partial charge in [0, 0.05) is 5.56 Å². The summed E-state index contributed by atoms with van der Waals surface area (Å²) in [5, 5.41) is 2.24. The smallest absolute Gasteiger partial charge is 0.325 e. The van der Waals surface area contributed by atoms with Crippen LogP contribution in [-0.2, 0) is 9.53 Å². The molecule has 0 aliphatic rings. The number of benzene rings is 1. The Morgan fingerprint density at radius 2 is 2.18 bits per heavy atom. The maximum atomic E-state index is 13.1. The predicted molar refractivity (Wildman–Crippen MR) is 60.4 cm³/mol. The van der Waals surface area contributed by atoms with Gasteiger partial charge in [0.1, 0.15) is 12.4 Å². The summed E-state index contributed by atoms with van der Waals surface area (Å²) in [5.41, 5.74) is 0.0937. The van der Waals surface area contributed by atoms with Crippen LogP contribution in [0.25, 0.3) is 0 Å². The minimum absolute atomic E-state index is 0.0630. The van der Waals surface area contributed by atoms with Crippen molar-refractivity contribution in [2.24, 2.45) is 0 Å². The molecule has 6 heteroatoms. The van der Waals surface area contributed by atoms with Gasteiger partial charge in [-0.15, -0.1) is 0 Å². The van der Waals surface area contributed by atoms with E-state index in [1.807, 2.05) is 0 Å². The first-order valence-corrected chi connectivity index (χ1v) is 5.31. The van der Waals surface area contributed by atoms with Crippen LogP contribution < -0.4 is 5.32 Å². The maximum absolute atomic E-state index is 13.1. The molecule has 0 aliphatic carbocycles. The zero-order chi connectivity index (χ0) is 12.8. The van der Waals surface area contributed by atoms with Crippen molar-refractivity contribution in [2.75, 3.05) is 13.2 Å². The fourth-order valence-corrected chi connectivity index (χ4v) is 1.22. The molecule has 0 bridgehead atoms. The van der Waals surface area contributed by atoms with Gasteiger partial charge in [0.15, 0.2) is 0 Å². The number of hydrogen-bond donors (Lipinski definition) is 1. The number of nitrogens with one attached hydrogen (secondary N) is 1. The summed E-state index contributed by atoms with van der Waals surface area (Å²) >= 11 is 5.47. The number of ether oxygens (including phenoxy) is 1. The fraction of sp³-hybridized carbons (Fsp3) is 0.273. The van der Waals surface area contributed by atoms with E-state index in [1.54, 1.807) is 6.92 Å². The average Bonchev–Trinajstić information content (AvgIpc) is 2.30. The molecule has 0 saturated heterocycles. The Morgan fingerprint density at radius 1 is 1.47 bits per heavy atom. The second-order valence-corrected chi connectivity index (χ2v) is 3.52. The third kappa shape index (κ3) is 4.03. The molecule has 92 valence electrons. The molecule has 0 fully saturated rings. The molecular formula is C11H11ClFNO3. The predicted octanol–water partition coefficient (Wildman–Crippen LogP) is 1.77. The van der Waals surface area contributed by atoms with E-state index in [2.05, 4.69) is 10.1 Å². The van der Waals surface area contributed by atoms with E-state index in [1.165, 1.54) is 12.1 Å². The van der Waals surface area contributed by atoms with Gasteiger partial charge in [-0.3, -0.25) is 9.59 Å². The second-order valence-electron chi connectivity index (χ2n) is 3.12. The molecule has 1 aromatic rings. The van der Waals surface area contributed by atoms with Crippen molar-refractivity contribution < 1.29 is 18.7 Å². The Kier molecular flexibility index (Phi) is 4.90. The summed E-state index contributed by atoms with van der Waals surface area (Å²) in [7, 11) is 0. The molecule has 1 rings (SSSR count). The monoisotopic (exact) mass is 259 g/mol. The first-order chi connectivity index (χ1) is 8.04. The van der Waals surface area contributed by atoms with Crippen molar-refractivity contribution in [3.05, 3.63) is 34.6 Å². The summed E-state index contributed by atoms with van der Waals surface area (Å²) < 4.78 is 17.7. The maximum Gasteiger partial charge on any atom is 0.325 e. The Bertz CT molecular complexity index is 437. The molecule has 1 aromatic carbocycles. The first-order valence-electron chi connectivity index (χ1n) is 4.93. The van der Waals surface area contributed by atoms with E-state index < -0.39 is 17.7 Å². The lowest BCUT2D eigenvalue weighted by Crippen LogP contribution is -2.30. The first kappa shape index (κ1) is 13.4. The number of carbonyl (C=O) groups excluding carboxylic acids is 2. The quantitative estimate of drug-likeness (QED) is 0.839. The molecule has 17 heavy (non-hydrogen) atoms. The highest BCUT2D eigenvalue weighted by molar-refractivity contribution is 6.30. The molecule has 0 aliphatic heterocycles. The fourth-order valence-electron chi connectivity index (χ4n) is 1.10. The molecule has 1 N–H and O–H groups in total. The summed E-state index contributed by atoms with van der Waals surface area (Å²) in [4.78, 5) is 22.5. The summed E-state index contributed by atoms with van der Waals surface area (Å²) in [6.45, 7) is 1.65. The highest BCUT2D eigenvalue weighted by atomic mass is 35.5. The van der Waals surface area contributed by atoms with Crippen molar-refractivity contribution in [3.8, 4) is 0 Å². The van der Waals surface area contributed by atoms with Gasteiger partial charge in [-0.25, -0.2) is 4.39 Å². The SMILES string of the molecule is CCOC(=O)CNC(=O)c1ccc(Cl)c(F)c1. The van der Waals surface area contributed by atoms with Gasteiger partial charge < -0.3 is 10.1 Å². The van der Waals surface area contributed by atoms with Gasteiger partial charge >= 0.3 is 5.97 Å². The van der Waals surface area contributed by atoms with Crippen LogP contribution in [0.3, 0.4) is 0 Å². The van der Waals surface area contributed by atoms with E-state index in [-0.39, 0.29) is 23.7 Å². The molecule has 0 saturated carbocycles. The Morgan fingerprint density at radius 3 is 2.76 bits per heavy atom. The van der Waals surface area contributed by atoms with Crippen LogP contribution in [0.1, 0.15) is 17.3 Å². The van der Waals surface area contributed by atoms with Crippen molar-refractivity contribution in [3.63, 3.8) is 0 Å². The highest BCUT2D eigenvalue weighted by Crippen LogP contribution is 2.15. The van der Waals surface area contributed by atoms with Crippen molar-refractivity contribution in [1.29, 1.82) is 0 Å². The summed E-state index contributed by atoms with van der Waals surface area (Å²) in [5.74, 6) is -1.79. The molecule has 0 heterocycles.